The van der Waals surface area contributed by atoms with E-state index >= 15 is 0 Å². The fraction of sp³-hybridized carbons (Fsp3) is 0.250. The van der Waals surface area contributed by atoms with Gasteiger partial charge in [0.1, 0.15) is 0 Å². The SMILES string of the molecule is O=S(=O)(c1ccccc1)N(c1ccccc1)C1CCN(Cc2ccccc2)CC1. The number of anilines is 1. The molecule has 1 aliphatic rings. The van der Waals surface area contributed by atoms with Crippen molar-refractivity contribution in [2.45, 2.75) is 30.3 Å². The van der Waals surface area contributed by atoms with Gasteiger partial charge in [-0.15, -0.1) is 0 Å². The lowest BCUT2D eigenvalue weighted by atomic mass is 10.0. The maximum atomic E-state index is 13.5. The van der Waals surface area contributed by atoms with Crippen molar-refractivity contribution in [1.82, 2.24) is 4.90 Å². The van der Waals surface area contributed by atoms with Crippen LogP contribution in [0, 0.1) is 0 Å². The zero-order chi connectivity index (χ0) is 20.1. The van der Waals surface area contributed by atoms with Gasteiger partial charge in [0.15, 0.2) is 0 Å². The highest BCUT2D eigenvalue weighted by atomic mass is 32.2. The first kappa shape index (κ1) is 19.7. The minimum Gasteiger partial charge on any atom is -0.299 e. The highest BCUT2D eigenvalue weighted by molar-refractivity contribution is 7.92. The predicted octanol–water partition coefficient (Wildman–Crippen LogP) is 4.55. The van der Waals surface area contributed by atoms with E-state index in [1.54, 1.807) is 28.6 Å². The maximum Gasteiger partial charge on any atom is 0.264 e. The molecule has 0 unspecified atom stereocenters. The molecule has 3 aromatic carbocycles. The van der Waals surface area contributed by atoms with Crippen LogP contribution >= 0.6 is 0 Å². The van der Waals surface area contributed by atoms with E-state index in [-0.39, 0.29) is 6.04 Å². The molecule has 4 rings (SSSR count). The lowest BCUT2D eigenvalue weighted by molar-refractivity contribution is 0.206. The second-order valence-corrected chi connectivity index (χ2v) is 9.26. The zero-order valence-corrected chi connectivity index (χ0v) is 17.2. The Bertz CT molecular complexity index is 1000. The van der Waals surface area contributed by atoms with E-state index in [0.29, 0.717) is 4.90 Å². The molecule has 0 radical (unpaired) electrons. The monoisotopic (exact) mass is 406 g/mol. The summed E-state index contributed by atoms with van der Waals surface area (Å²) >= 11 is 0. The van der Waals surface area contributed by atoms with Crippen LogP contribution in [0.25, 0.3) is 0 Å². The molecule has 0 saturated carbocycles. The summed E-state index contributed by atoms with van der Waals surface area (Å²) in [6.45, 7) is 2.67. The van der Waals surface area contributed by atoms with Crippen LogP contribution in [-0.4, -0.2) is 32.4 Å². The third-order valence-corrected chi connectivity index (χ3v) is 7.34. The van der Waals surface area contributed by atoms with Crippen LogP contribution in [-0.2, 0) is 16.6 Å². The second-order valence-electron chi connectivity index (χ2n) is 7.44. The number of rotatable bonds is 6. The van der Waals surface area contributed by atoms with Crippen molar-refractivity contribution in [3.05, 3.63) is 96.6 Å². The van der Waals surface area contributed by atoms with Gasteiger partial charge in [-0.05, 0) is 42.7 Å². The number of nitrogens with zero attached hydrogens (tertiary/aromatic N) is 2. The molecule has 1 fully saturated rings. The van der Waals surface area contributed by atoms with Gasteiger partial charge in [-0.1, -0.05) is 66.7 Å². The number of sulfonamides is 1. The standard InChI is InChI=1S/C24H26N2O2S/c27-29(28,24-14-8-3-9-15-24)26(22-12-6-2-7-13-22)23-16-18-25(19-17-23)20-21-10-4-1-5-11-21/h1-15,23H,16-20H2. The average Bonchev–Trinajstić information content (AvgIpc) is 2.77. The first-order valence-electron chi connectivity index (χ1n) is 10.1. The van der Waals surface area contributed by atoms with Crippen LogP contribution in [0.5, 0.6) is 0 Å². The van der Waals surface area contributed by atoms with Crippen molar-refractivity contribution in [2.75, 3.05) is 17.4 Å². The highest BCUT2D eigenvalue weighted by Gasteiger charge is 2.33. The van der Waals surface area contributed by atoms with Crippen molar-refractivity contribution in [1.29, 1.82) is 0 Å². The summed E-state index contributed by atoms with van der Waals surface area (Å²) in [5.74, 6) is 0. The Labute approximate surface area is 173 Å². The van der Waals surface area contributed by atoms with Crippen LogP contribution in [0.2, 0.25) is 0 Å². The molecular formula is C24H26N2O2S. The normalized spacial score (nSPS) is 15.9. The van der Waals surface area contributed by atoms with E-state index in [4.69, 9.17) is 0 Å². The molecule has 0 spiro atoms. The predicted molar refractivity (Wildman–Crippen MR) is 117 cm³/mol. The summed E-state index contributed by atoms with van der Waals surface area (Å²) in [4.78, 5) is 2.75. The minimum atomic E-state index is -3.62. The summed E-state index contributed by atoms with van der Waals surface area (Å²) in [6, 6.07) is 28.6. The summed E-state index contributed by atoms with van der Waals surface area (Å²) < 4.78 is 28.7. The van der Waals surface area contributed by atoms with Crippen molar-refractivity contribution < 1.29 is 8.42 Å². The van der Waals surface area contributed by atoms with Gasteiger partial charge in [-0.2, -0.15) is 0 Å². The first-order valence-corrected chi connectivity index (χ1v) is 11.5. The number of hydrogen-bond donors (Lipinski definition) is 0. The van der Waals surface area contributed by atoms with Gasteiger partial charge >= 0.3 is 0 Å². The first-order chi connectivity index (χ1) is 14.1. The molecule has 3 aromatic rings. The fourth-order valence-corrected chi connectivity index (χ4v) is 5.71. The van der Waals surface area contributed by atoms with Gasteiger partial charge in [-0.3, -0.25) is 9.21 Å². The van der Waals surface area contributed by atoms with Crippen molar-refractivity contribution in [3.8, 4) is 0 Å². The number of benzene rings is 3. The average molecular weight is 407 g/mol. The van der Waals surface area contributed by atoms with Crippen LogP contribution in [0.3, 0.4) is 0 Å². The number of hydrogen-bond acceptors (Lipinski definition) is 3. The van der Waals surface area contributed by atoms with Crippen molar-refractivity contribution in [3.63, 3.8) is 0 Å². The van der Waals surface area contributed by atoms with Gasteiger partial charge in [0.25, 0.3) is 10.0 Å². The van der Waals surface area contributed by atoms with Crippen LogP contribution in [0.15, 0.2) is 95.9 Å². The van der Waals surface area contributed by atoms with E-state index in [9.17, 15) is 8.42 Å². The Morgan fingerprint density at radius 1 is 0.759 bits per heavy atom. The fourth-order valence-electron chi connectivity index (χ4n) is 3.98. The molecule has 0 aromatic heterocycles. The lowest BCUT2D eigenvalue weighted by Gasteiger charge is -2.39. The minimum absolute atomic E-state index is 0.0466. The van der Waals surface area contributed by atoms with Crippen LogP contribution < -0.4 is 4.31 Å². The van der Waals surface area contributed by atoms with Crippen molar-refractivity contribution in [2.24, 2.45) is 0 Å². The van der Waals surface area contributed by atoms with Gasteiger partial charge in [-0.25, -0.2) is 8.42 Å². The zero-order valence-electron chi connectivity index (χ0n) is 16.4. The summed E-state index contributed by atoms with van der Waals surface area (Å²) in [5.41, 5.74) is 2.03. The van der Waals surface area contributed by atoms with E-state index in [1.807, 2.05) is 42.5 Å². The molecule has 0 bridgehead atoms. The van der Waals surface area contributed by atoms with Gasteiger partial charge in [0.2, 0.25) is 0 Å². The highest BCUT2D eigenvalue weighted by Crippen LogP contribution is 2.30. The third kappa shape index (κ3) is 4.52. The molecule has 29 heavy (non-hydrogen) atoms. The Hall–Kier alpha value is -2.63. The Balaban J connectivity index is 1.55. The molecule has 5 heteroatoms. The second kappa shape index (κ2) is 8.80. The van der Waals surface area contributed by atoms with E-state index in [1.165, 1.54) is 5.56 Å². The largest absolute Gasteiger partial charge is 0.299 e. The van der Waals surface area contributed by atoms with Crippen LogP contribution in [0.4, 0.5) is 5.69 Å². The molecule has 0 amide bonds. The van der Waals surface area contributed by atoms with E-state index in [2.05, 4.69) is 29.2 Å². The van der Waals surface area contributed by atoms with Gasteiger partial charge in [0, 0.05) is 25.7 Å². The molecule has 1 saturated heterocycles. The number of para-hydroxylation sites is 1. The molecule has 1 heterocycles. The van der Waals surface area contributed by atoms with Crippen molar-refractivity contribution >= 4 is 15.7 Å². The maximum absolute atomic E-state index is 13.5. The van der Waals surface area contributed by atoms with Crippen LogP contribution in [0.1, 0.15) is 18.4 Å². The Morgan fingerprint density at radius 2 is 1.28 bits per heavy atom. The summed E-state index contributed by atoms with van der Waals surface area (Å²) in [5, 5.41) is 0. The molecule has 150 valence electrons. The molecule has 1 aliphatic heterocycles. The summed E-state index contributed by atoms with van der Waals surface area (Å²) in [7, 11) is -3.62. The lowest BCUT2D eigenvalue weighted by Crippen LogP contribution is -2.47. The van der Waals surface area contributed by atoms with Gasteiger partial charge in [0.05, 0.1) is 10.6 Å². The quantitative estimate of drug-likeness (QED) is 0.603. The Morgan fingerprint density at radius 3 is 1.86 bits per heavy atom. The topological polar surface area (TPSA) is 40.6 Å². The summed E-state index contributed by atoms with van der Waals surface area (Å²) in [6.07, 6.45) is 1.63. The molecule has 0 N–H and O–H groups in total. The number of piperidine rings is 1. The number of likely N-dealkylation sites (tertiary alicyclic amines) is 1. The Kier molecular flexibility index (Phi) is 5.97. The molecule has 0 atom stereocenters. The molecular weight excluding hydrogens is 380 g/mol. The smallest absolute Gasteiger partial charge is 0.264 e. The molecule has 0 aliphatic carbocycles. The van der Waals surface area contributed by atoms with E-state index in [0.717, 1.165) is 38.2 Å². The molecule has 4 nitrogen and oxygen atoms in total. The van der Waals surface area contributed by atoms with E-state index < -0.39 is 10.0 Å². The van der Waals surface area contributed by atoms with Gasteiger partial charge < -0.3 is 0 Å². The third-order valence-electron chi connectivity index (χ3n) is 5.45.